The van der Waals surface area contributed by atoms with E-state index in [0.717, 1.165) is 15.6 Å². The maximum absolute atomic E-state index is 13.4. The molecule has 2 aromatic carbocycles. The largest absolute Gasteiger partial charge is 0.271 e. The third-order valence-electron chi connectivity index (χ3n) is 3.15. The molecule has 0 aliphatic carbocycles. The molecule has 0 amide bonds. The highest BCUT2D eigenvalue weighted by Gasteiger charge is 2.15. The van der Waals surface area contributed by atoms with Gasteiger partial charge in [-0.25, -0.2) is 4.39 Å². The molecule has 20 heavy (non-hydrogen) atoms. The van der Waals surface area contributed by atoms with Gasteiger partial charge >= 0.3 is 0 Å². The summed E-state index contributed by atoms with van der Waals surface area (Å²) in [4.78, 5) is 1.17. The van der Waals surface area contributed by atoms with Crippen molar-refractivity contribution in [3.05, 3.63) is 63.9 Å². The van der Waals surface area contributed by atoms with Gasteiger partial charge in [0.05, 0.1) is 6.04 Å². The molecule has 2 aromatic rings. The molecule has 0 fully saturated rings. The fourth-order valence-corrected chi connectivity index (χ4v) is 3.20. The molecule has 0 heterocycles. The number of hydrogen-bond acceptors (Lipinski definition) is 3. The molecule has 2 nitrogen and oxygen atoms in total. The summed E-state index contributed by atoms with van der Waals surface area (Å²) in [6.45, 7) is 0. The van der Waals surface area contributed by atoms with Crippen LogP contribution in [0.1, 0.15) is 17.2 Å². The van der Waals surface area contributed by atoms with Crippen LogP contribution in [0, 0.1) is 5.82 Å². The lowest BCUT2D eigenvalue weighted by Gasteiger charge is -2.19. The summed E-state index contributed by atoms with van der Waals surface area (Å²) in [5, 5.41) is 0. The molecule has 3 N–H and O–H groups in total. The fourth-order valence-electron chi connectivity index (χ4n) is 2.13. The second kappa shape index (κ2) is 7.22. The molecular weight excluding hydrogens is 339 g/mol. The maximum atomic E-state index is 13.4. The predicted octanol–water partition coefficient (Wildman–Crippen LogP) is 4.06. The minimum absolute atomic E-state index is 0.0586. The van der Waals surface area contributed by atoms with E-state index in [1.54, 1.807) is 17.8 Å². The van der Waals surface area contributed by atoms with E-state index in [1.165, 1.54) is 17.0 Å². The normalized spacial score (nSPS) is 12.4. The Hall–Kier alpha value is -0.880. The Morgan fingerprint density at radius 1 is 1.30 bits per heavy atom. The van der Waals surface area contributed by atoms with E-state index in [-0.39, 0.29) is 11.9 Å². The molecule has 0 radical (unpaired) electrons. The van der Waals surface area contributed by atoms with Crippen LogP contribution in [0.25, 0.3) is 0 Å². The van der Waals surface area contributed by atoms with E-state index in [9.17, 15) is 4.39 Å². The van der Waals surface area contributed by atoms with Crippen LogP contribution in [-0.2, 0) is 6.42 Å². The van der Waals surface area contributed by atoms with E-state index in [2.05, 4.69) is 27.4 Å². The van der Waals surface area contributed by atoms with E-state index in [0.29, 0.717) is 6.42 Å². The smallest absolute Gasteiger partial charge is 0.123 e. The van der Waals surface area contributed by atoms with Gasteiger partial charge in [0, 0.05) is 9.37 Å². The van der Waals surface area contributed by atoms with Crippen LogP contribution in [0.3, 0.4) is 0 Å². The number of nitrogens with one attached hydrogen (secondary N) is 1. The summed E-state index contributed by atoms with van der Waals surface area (Å²) < 4.78 is 14.3. The first-order valence-corrected chi connectivity index (χ1v) is 8.20. The highest BCUT2D eigenvalue weighted by molar-refractivity contribution is 9.10. The fraction of sp³-hybridized carbons (Fsp3) is 0.200. The Morgan fingerprint density at radius 2 is 2.05 bits per heavy atom. The Kier molecular flexibility index (Phi) is 5.60. The van der Waals surface area contributed by atoms with Crippen molar-refractivity contribution in [1.82, 2.24) is 5.43 Å². The van der Waals surface area contributed by atoms with Gasteiger partial charge in [0.15, 0.2) is 0 Å². The van der Waals surface area contributed by atoms with Gasteiger partial charge in [0.1, 0.15) is 5.82 Å². The van der Waals surface area contributed by atoms with Crippen LogP contribution in [0.15, 0.2) is 51.8 Å². The summed E-state index contributed by atoms with van der Waals surface area (Å²) in [6, 6.07) is 12.7. The molecule has 0 spiro atoms. The van der Waals surface area contributed by atoms with Gasteiger partial charge in [-0.15, -0.1) is 11.8 Å². The highest BCUT2D eigenvalue weighted by Crippen LogP contribution is 2.29. The molecule has 106 valence electrons. The van der Waals surface area contributed by atoms with E-state index >= 15 is 0 Å². The Bertz CT molecular complexity index is 592. The zero-order valence-electron chi connectivity index (χ0n) is 11.1. The van der Waals surface area contributed by atoms with Crippen molar-refractivity contribution in [1.29, 1.82) is 0 Å². The van der Waals surface area contributed by atoms with Crippen LogP contribution in [0.5, 0.6) is 0 Å². The summed E-state index contributed by atoms with van der Waals surface area (Å²) in [5.41, 5.74) is 4.85. The monoisotopic (exact) mass is 354 g/mol. The van der Waals surface area contributed by atoms with Gasteiger partial charge in [0.2, 0.25) is 0 Å². The topological polar surface area (TPSA) is 38.0 Å². The molecule has 0 saturated heterocycles. The number of thioether (sulfide) groups is 1. The summed E-state index contributed by atoms with van der Waals surface area (Å²) in [5.74, 6) is 5.46. The first kappa shape index (κ1) is 15.5. The number of nitrogens with two attached hydrogens (primary N) is 1. The van der Waals surface area contributed by atoms with Gasteiger partial charge in [-0.05, 0) is 48.1 Å². The molecule has 0 aromatic heterocycles. The van der Waals surface area contributed by atoms with Crippen molar-refractivity contribution in [3.63, 3.8) is 0 Å². The molecule has 5 heteroatoms. The van der Waals surface area contributed by atoms with Crippen molar-refractivity contribution in [3.8, 4) is 0 Å². The lowest BCUT2D eigenvalue weighted by atomic mass is 9.99. The Morgan fingerprint density at radius 3 is 2.75 bits per heavy atom. The number of rotatable bonds is 5. The second-order valence-electron chi connectivity index (χ2n) is 4.40. The van der Waals surface area contributed by atoms with Crippen molar-refractivity contribution in [2.24, 2.45) is 5.84 Å². The van der Waals surface area contributed by atoms with E-state index < -0.39 is 0 Å². The first-order valence-electron chi connectivity index (χ1n) is 6.18. The zero-order chi connectivity index (χ0) is 14.5. The minimum atomic E-state index is -0.239. The average molecular weight is 355 g/mol. The molecule has 0 aliphatic rings. The molecule has 0 aliphatic heterocycles. The molecule has 0 saturated carbocycles. The highest BCUT2D eigenvalue weighted by atomic mass is 79.9. The van der Waals surface area contributed by atoms with Crippen LogP contribution in [0.2, 0.25) is 0 Å². The van der Waals surface area contributed by atoms with Crippen molar-refractivity contribution >= 4 is 27.7 Å². The second-order valence-corrected chi connectivity index (χ2v) is 6.10. The third kappa shape index (κ3) is 3.61. The molecule has 1 unspecified atom stereocenters. The van der Waals surface area contributed by atoms with Crippen LogP contribution < -0.4 is 11.3 Å². The summed E-state index contributed by atoms with van der Waals surface area (Å²) >= 11 is 5.13. The number of halogens is 2. The van der Waals surface area contributed by atoms with Crippen LogP contribution in [-0.4, -0.2) is 6.26 Å². The van der Waals surface area contributed by atoms with Gasteiger partial charge in [0.25, 0.3) is 0 Å². The number of hydrazine groups is 1. The number of benzene rings is 2. The van der Waals surface area contributed by atoms with Gasteiger partial charge in [-0.3, -0.25) is 11.3 Å². The van der Waals surface area contributed by atoms with Crippen molar-refractivity contribution < 1.29 is 4.39 Å². The predicted molar refractivity (Wildman–Crippen MR) is 86.1 cm³/mol. The van der Waals surface area contributed by atoms with Crippen LogP contribution in [0.4, 0.5) is 4.39 Å². The molecular formula is C15H16BrFN2S. The Balaban J connectivity index is 2.31. The lowest BCUT2D eigenvalue weighted by Crippen LogP contribution is -2.30. The van der Waals surface area contributed by atoms with Gasteiger partial charge in [-0.1, -0.05) is 34.1 Å². The molecule has 1 atom stereocenters. The van der Waals surface area contributed by atoms with Gasteiger partial charge < -0.3 is 0 Å². The van der Waals surface area contributed by atoms with E-state index in [4.69, 9.17) is 5.84 Å². The first-order chi connectivity index (χ1) is 9.65. The minimum Gasteiger partial charge on any atom is -0.271 e. The summed E-state index contributed by atoms with van der Waals surface area (Å²) in [6.07, 6.45) is 2.65. The quantitative estimate of drug-likeness (QED) is 0.483. The van der Waals surface area contributed by atoms with Crippen molar-refractivity contribution in [2.75, 3.05) is 6.26 Å². The van der Waals surface area contributed by atoms with Crippen LogP contribution >= 0.6 is 27.7 Å². The summed E-state index contributed by atoms with van der Waals surface area (Å²) in [7, 11) is 0. The average Bonchev–Trinajstić information content (AvgIpc) is 2.48. The SMILES string of the molecule is CSc1ccccc1C(Cc1cc(F)ccc1Br)NN. The molecule has 2 rings (SSSR count). The number of hydrogen-bond donors (Lipinski definition) is 2. The maximum Gasteiger partial charge on any atom is 0.123 e. The van der Waals surface area contributed by atoms with E-state index in [1.807, 2.05) is 24.5 Å². The lowest BCUT2D eigenvalue weighted by molar-refractivity contribution is 0.540. The van der Waals surface area contributed by atoms with Crippen molar-refractivity contribution in [2.45, 2.75) is 17.4 Å². The zero-order valence-corrected chi connectivity index (χ0v) is 13.5. The Labute approximate surface area is 131 Å². The van der Waals surface area contributed by atoms with Gasteiger partial charge in [-0.2, -0.15) is 0 Å². The standard InChI is InChI=1S/C15H16BrFN2S/c1-20-15-5-3-2-4-12(15)14(19-18)9-10-8-11(17)6-7-13(10)16/h2-8,14,19H,9,18H2,1H3. The third-order valence-corrected chi connectivity index (χ3v) is 4.73. The molecule has 0 bridgehead atoms.